The van der Waals surface area contributed by atoms with Gasteiger partial charge in [0.25, 0.3) is 0 Å². The normalized spacial score (nSPS) is 8.71. The fourth-order valence-electron chi connectivity index (χ4n) is 0.922. The minimum atomic E-state index is -0.977. The predicted octanol–water partition coefficient (Wildman–Crippen LogP) is 2.27. The number of nitriles is 1. The van der Waals surface area contributed by atoms with E-state index in [-0.39, 0.29) is 5.56 Å². The molecule has 2 aromatic rings. The first kappa shape index (κ1) is 13.2. The van der Waals surface area contributed by atoms with Crippen molar-refractivity contribution in [1.29, 1.82) is 5.26 Å². The van der Waals surface area contributed by atoms with Gasteiger partial charge in [0.05, 0.1) is 27.0 Å². The molecular weight excluding hydrogens is 333 g/mol. The van der Waals surface area contributed by atoms with Gasteiger partial charge in [0.1, 0.15) is 0 Å². The van der Waals surface area contributed by atoms with Crippen molar-refractivity contribution in [1.82, 2.24) is 10.2 Å². The number of hydrogen-bond donors (Lipinski definition) is 2. The summed E-state index contributed by atoms with van der Waals surface area (Å²) >= 11 is 2.18. The lowest BCUT2D eigenvalue weighted by atomic mass is 10.1. The highest BCUT2D eigenvalue weighted by Crippen LogP contribution is 2.02. The molecule has 0 saturated heterocycles. The molecule has 0 amide bonds. The number of aromatic carboxylic acids is 1. The highest BCUT2D eigenvalue weighted by Gasteiger charge is 1.99. The maximum absolute atomic E-state index is 10.3. The number of nitrogens with zero attached hydrogens (tertiary/aromatic N) is 2. The molecule has 6 heteroatoms. The van der Waals surface area contributed by atoms with E-state index in [1.807, 2.05) is 12.3 Å². The van der Waals surface area contributed by atoms with Gasteiger partial charge in [-0.05, 0) is 46.9 Å². The molecule has 0 bridgehead atoms. The standard InChI is InChI=1S/C8H5NO2.C3H3IN2/c9-5-6-1-3-7(4-2-6)8(10)11;4-3-1-5-6-2-3/h1-4H,(H,10,11);1-2H,(H,5,6). The first-order valence-electron chi connectivity index (χ1n) is 4.51. The molecule has 0 atom stereocenters. The molecule has 0 radical (unpaired) electrons. The maximum Gasteiger partial charge on any atom is 0.335 e. The van der Waals surface area contributed by atoms with Crippen LogP contribution in [0, 0.1) is 14.9 Å². The Kier molecular flexibility index (Phi) is 5.16. The maximum atomic E-state index is 10.3. The Hall–Kier alpha value is -1.88. The molecular formula is C11H8IN3O2. The average Bonchev–Trinajstić information content (AvgIpc) is 2.81. The van der Waals surface area contributed by atoms with Crippen LogP contribution < -0.4 is 0 Å². The lowest BCUT2D eigenvalue weighted by molar-refractivity contribution is 0.0697. The summed E-state index contributed by atoms with van der Waals surface area (Å²) in [6.07, 6.45) is 3.60. The van der Waals surface area contributed by atoms with Gasteiger partial charge in [-0.3, -0.25) is 5.10 Å². The topological polar surface area (TPSA) is 89.8 Å². The van der Waals surface area contributed by atoms with Crippen molar-refractivity contribution in [3.63, 3.8) is 0 Å². The number of halogens is 1. The Morgan fingerprint density at radius 2 is 2.06 bits per heavy atom. The number of aromatic nitrogens is 2. The van der Waals surface area contributed by atoms with Crippen molar-refractivity contribution < 1.29 is 9.90 Å². The molecule has 1 aromatic heterocycles. The number of carboxylic acid groups (broad SMARTS) is 1. The van der Waals surface area contributed by atoms with E-state index in [1.54, 1.807) is 6.20 Å². The number of H-pyrrole nitrogens is 1. The first-order chi connectivity index (χ1) is 8.13. The van der Waals surface area contributed by atoms with Gasteiger partial charge >= 0.3 is 5.97 Å². The zero-order valence-corrected chi connectivity index (χ0v) is 10.7. The zero-order chi connectivity index (χ0) is 12.7. The van der Waals surface area contributed by atoms with Crippen molar-refractivity contribution in [3.05, 3.63) is 51.4 Å². The number of carbonyl (C=O) groups is 1. The summed E-state index contributed by atoms with van der Waals surface area (Å²) in [6, 6.07) is 7.66. The first-order valence-corrected chi connectivity index (χ1v) is 5.59. The number of benzene rings is 1. The second-order valence-electron chi connectivity index (χ2n) is 2.91. The van der Waals surface area contributed by atoms with Gasteiger partial charge in [-0.2, -0.15) is 10.4 Å². The fourth-order valence-corrected chi connectivity index (χ4v) is 1.20. The van der Waals surface area contributed by atoms with E-state index in [0.29, 0.717) is 5.56 Å². The number of hydrogen-bond acceptors (Lipinski definition) is 3. The van der Waals surface area contributed by atoms with Crippen LogP contribution in [0.5, 0.6) is 0 Å². The van der Waals surface area contributed by atoms with Crippen LogP contribution in [0.4, 0.5) is 0 Å². The number of aromatic amines is 1. The van der Waals surface area contributed by atoms with Crippen LogP contribution in [0.15, 0.2) is 36.7 Å². The van der Waals surface area contributed by atoms with Crippen molar-refractivity contribution in [3.8, 4) is 6.07 Å². The third-order valence-electron chi connectivity index (χ3n) is 1.73. The van der Waals surface area contributed by atoms with Crippen LogP contribution in [0.25, 0.3) is 0 Å². The highest BCUT2D eigenvalue weighted by atomic mass is 127. The molecule has 1 aromatic carbocycles. The number of nitrogens with one attached hydrogen (secondary N) is 1. The van der Waals surface area contributed by atoms with Crippen LogP contribution in [0.1, 0.15) is 15.9 Å². The second-order valence-corrected chi connectivity index (χ2v) is 4.16. The molecule has 0 aliphatic heterocycles. The van der Waals surface area contributed by atoms with E-state index < -0.39 is 5.97 Å². The summed E-state index contributed by atoms with van der Waals surface area (Å²) in [5.41, 5.74) is 0.666. The third kappa shape index (κ3) is 4.65. The summed E-state index contributed by atoms with van der Waals surface area (Å²) in [4.78, 5) is 10.3. The average molecular weight is 341 g/mol. The van der Waals surface area contributed by atoms with Gasteiger partial charge in [-0.25, -0.2) is 4.79 Å². The van der Waals surface area contributed by atoms with E-state index in [9.17, 15) is 4.79 Å². The van der Waals surface area contributed by atoms with Gasteiger partial charge < -0.3 is 5.11 Å². The molecule has 0 saturated carbocycles. The van der Waals surface area contributed by atoms with Crippen LogP contribution >= 0.6 is 22.6 Å². The van der Waals surface area contributed by atoms with Crippen molar-refractivity contribution in [2.24, 2.45) is 0 Å². The SMILES string of the molecule is Ic1cn[nH]c1.N#Cc1ccc(C(=O)O)cc1. The van der Waals surface area contributed by atoms with Gasteiger partial charge in [0.2, 0.25) is 0 Å². The van der Waals surface area contributed by atoms with Crippen molar-refractivity contribution >= 4 is 28.6 Å². The minimum absolute atomic E-state index is 0.198. The third-order valence-corrected chi connectivity index (χ3v) is 2.32. The summed E-state index contributed by atoms with van der Waals surface area (Å²) in [6.45, 7) is 0. The monoisotopic (exact) mass is 341 g/mol. The van der Waals surface area contributed by atoms with E-state index in [4.69, 9.17) is 10.4 Å². The zero-order valence-electron chi connectivity index (χ0n) is 8.59. The van der Waals surface area contributed by atoms with E-state index >= 15 is 0 Å². The molecule has 0 aliphatic carbocycles. The Morgan fingerprint density at radius 1 is 1.41 bits per heavy atom. The molecule has 0 aliphatic rings. The van der Waals surface area contributed by atoms with Crippen LogP contribution in [-0.4, -0.2) is 21.3 Å². The van der Waals surface area contributed by atoms with E-state index in [1.165, 1.54) is 24.3 Å². The van der Waals surface area contributed by atoms with Crippen LogP contribution in [-0.2, 0) is 0 Å². The highest BCUT2D eigenvalue weighted by molar-refractivity contribution is 14.1. The van der Waals surface area contributed by atoms with Gasteiger partial charge in [-0.1, -0.05) is 0 Å². The van der Waals surface area contributed by atoms with Crippen LogP contribution in [0.2, 0.25) is 0 Å². The molecule has 1 heterocycles. The summed E-state index contributed by atoms with van der Waals surface area (Å²) in [7, 11) is 0. The summed E-state index contributed by atoms with van der Waals surface area (Å²) in [5.74, 6) is -0.977. The molecule has 86 valence electrons. The van der Waals surface area contributed by atoms with Gasteiger partial charge in [0, 0.05) is 6.20 Å². The quantitative estimate of drug-likeness (QED) is 0.779. The molecule has 0 unspecified atom stereocenters. The van der Waals surface area contributed by atoms with Crippen molar-refractivity contribution in [2.45, 2.75) is 0 Å². The summed E-state index contributed by atoms with van der Waals surface area (Å²) in [5, 5.41) is 23.2. The molecule has 0 fully saturated rings. The molecule has 5 nitrogen and oxygen atoms in total. The minimum Gasteiger partial charge on any atom is -0.478 e. The second kappa shape index (κ2) is 6.65. The number of rotatable bonds is 1. The molecule has 2 N–H and O–H groups in total. The lowest BCUT2D eigenvalue weighted by Crippen LogP contribution is -1.94. The molecule has 2 rings (SSSR count). The van der Waals surface area contributed by atoms with Crippen LogP contribution in [0.3, 0.4) is 0 Å². The number of carboxylic acids is 1. The van der Waals surface area contributed by atoms with E-state index in [2.05, 4.69) is 32.8 Å². The fraction of sp³-hybridized carbons (Fsp3) is 0. The van der Waals surface area contributed by atoms with E-state index in [0.717, 1.165) is 3.57 Å². The molecule has 17 heavy (non-hydrogen) atoms. The lowest BCUT2D eigenvalue weighted by Gasteiger charge is -1.91. The Balaban J connectivity index is 0.000000202. The predicted molar refractivity (Wildman–Crippen MR) is 69.4 cm³/mol. The van der Waals surface area contributed by atoms with Crippen molar-refractivity contribution in [2.75, 3.05) is 0 Å². The smallest absolute Gasteiger partial charge is 0.335 e. The Bertz CT molecular complexity index is 515. The van der Waals surface area contributed by atoms with Gasteiger partial charge in [-0.15, -0.1) is 0 Å². The molecule has 0 spiro atoms. The summed E-state index contributed by atoms with van der Waals surface area (Å²) < 4.78 is 1.15. The Morgan fingerprint density at radius 3 is 2.35 bits per heavy atom. The largest absolute Gasteiger partial charge is 0.478 e. The van der Waals surface area contributed by atoms with Gasteiger partial charge in [0.15, 0.2) is 0 Å². The Labute approximate surface area is 111 Å².